The standard InChI is InChI=1S/C21H19N3O4/c1-27-16-7-2-13(3-8-16)18-9-4-14(6-11-20(25)26)24(18)15-5-10-19-17(12-15)21(22)23-28-19/h2-5,7-10,12H,6,11H2,1H3,(H2,22,23)(H,25,26). The summed E-state index contributed by atoms with van der Waals surface area (Å²) in [5, 5.41) is 13.6. The molecule has 142 valence electrons. The lowest BCUT2D eigenvalue weighted by molar-refractivity contribution is -0.136. The second-order valence-corrected chi connectivity index (χ2v) is 6.42. The highest BCUT2D eigenvalue weighted by molar-refractivity contribution is 5.88. The summed E-state index contributed by atoms with van der Waals surface area (Å²) in [4.78, 5) is 11.1. The lowest BCUT2D eigenvalue weighted by Gasteiger charge is -2.14. The Labute approximate surface area is 160 Å². The van der Waals surface area contributed by atoms with E-state index in [1.807, 2.05) is 59.2 Å². The maximum atomic E-state index is 11.1. The molecular formula is C21H19N3O4. The molecule has 0 atom stereocenters. The van der Waals surface area contributed by atoms with Gasteiger partial charge in [-0.2, -0.15) is 0 Å². The van der Waals surface area contributed by atoms with Gasteiger partial charge in [-0.25, -0.2) is 0 Å². The molecule has 7 heteroatoms. The molecule has 0 saturated heterocycles. The number of hydrogen-bond donors (Lipinski definition) is 2. The molecule has 0 spiro atoms. The van der Waals surface area contributed by atoms with Crippen LogP contribution in [0.15, 0.2) is 59.1 Å². The number of benzene rings is 2. The predicted molar refractivity (Wildman–Crippen MR) is 106 cm³/mol. The number of anilines is 1. The molecular weight excluding hydrogens is 358 g/mol. The van der Waals surface area contributed by atoms with E-state index in [1.54, 1.807) is 7.11 Å². The summed E-state index contributed by atoms with van der Waals surface area (Å²) in [7, 11) is 1.63. The van der Waals surface area contributed by atoms with Gasteiger partial charge in [0.2, 0.25) is 0 Å². The van der Waals surface area contributed by atoms with E-state index in [-0.39, 0.29) is 6.42 Å². The molecule has 2 heterocycles. The van der Waals surface area contributed by atoms with Gasteiger partial charge in [0.1, 0.15) is 5.75 Å². The molecule has 4 aromatic rings. The summed E-state index contributed by atoms with van der Waals surface area (Å²) >= 11 is 0. The van der Waals surface area contributed by atoms with Crippen molar-refractivity contribution in [3.63, 3.8) is 0 Å². The van der Waals surface area contributed by atoms with E-state index < -0.39 is 5.97 Å². The summed E-state index contributed by atoms with van der Waals surface area (Å²) in [6.45, 7) is 0. The Kier molecular flexibility index (Phi) is 4.49. The third kappa shape index (κ3) is 3.18. The van der Waals surface area contributed by atoms with E-state index in [0.717, 1.165) is 33.8 Å². The van der Waals surface area contributed by atoms with Crippen LogP contribution >= 0.6 is 0 Å². The number of nitrogen functional groups attached to an aromatic ring is 1. The minimum atomic E-state index is -0.836. The van der Waals surface area contributed by atoms with Crippen LogP contribution in [0.3, 0.4) is 0 Å². The number of nitrogens with two attached hydrogens (primary N) is 1. The van der Waals surface area contributed by atoms with Crippen LogP contribution in [0.1, 0.15) is 12.1 Å². The van der Waals surface area contributed by atoms with Gasteiger partial charge in [0.05, 0.1) is 24.6 Å². The number of carboxylic acids is 1. The molecule has 0 radical (unpaired) electrons. The van der Waals surface area contributed by atoms with Crippen LogP contribution in [0.2, 0.25) is 0 Å². The first-order chi connectivity index (χ1) is 13.6. The molecule has 7 nitrogen and oxygen atoms in total. The van der Waals surface area contributed by atoms with Gasteiger partial charge in [0.25, 0.3) is 0 Å². The Morgan fingerprint density at radius 1 is 1.18 bits per heavy atom. The number of nitrogens with zero attached hydrogens (tertiary/aromatic N) is 2. The van der Waals surface area contributed by atoms with Crippen LogP contribution < -0.4 is 10.5 Å². The molecule has 0 aliphatic rings. The molecule has 2 aromatic heterocycles. The fourth-order valence-corrected chi connectivity index (χ4v) is 3.29. The average molecular weight is 377 g/mol. The number of carbonyl (C=O) groups is 1. The second kappa shape index (κ2) is 7.11. The smallest absolute Gasteiger partial charge is 0.303 e. The van der Waals surface area contributed by atoms with E-state index in [2.05, 4.69) is 5.16 Å². The molecule has 0 saturated carbocycles. The number of methoxy groups -OCH3 is 1. The van der Waals surface area contributed by atoms with Crippen molar-refractivity contribution in [3.05, 3.63) is 60.3 Å². The van der Waals surface area contributed by atoms with Gasteiger partial charge in [-0.05, 0) is 66.6 Å². The first-order valence-electron chi connectivity index (χ1n) is 8.79. The number of aryl methyl sites for hydroxylation is 1. The van der Waals surface area contributed by atoms with E-state index >= 15 is 0 Å². The Hall–Kier alpha value is -3.74. The normalized spacial score (nSPS) is 11.0. The highest BCUT2D eigenvalue weighted by Crippen LogP contribution is 2.31. The summed E-state index contributed by atoms with van der Waals surface area (Å²) in [5.74, 6) is 0.256. The van der Waals surface area contributed by atoms with Crippen LogP contribution in [-0.2, 0) is 11.2 Å². The first-order valence-corrected chi connectivity index (χ1v) is 8.79. The zero-order valence-electron chi connectivity index (χ0n) is 15.3. The SMILES string of the molecule is COc1ccc(-c2ccc(CCC(=O)O)n2-c2ccc3onc(N)c3c2)cc1. The Balaban J connectivity index is 1.86. The van der Waals surface area contributed by atoms with Crippen molar-refractivity contribution in [1.82, 2.24) is 9.72 Å². The van der Waals surface area contributed by atoms with Crippen molar-refractivity contribution in [3.8, 4) is 22.7 Å². The second-order valence-electron chi connectivity index (χ2n) is 6.42. The molecule has 0 unspecified atom stereocenters. The molecule has 0 bridgehead atoms. The van der Waals surface area contributed by atoms with Gasteiger partial charge < -0.3 is 24.7 Å². The number of ether oxygens (including phenoxy) is 1. The van der Waals surface area contributed by atoms with Gasteiger partial charge in [-0.15, -0.1) is 0 Å². The lowest BCUT2D eigenvalue weighted by atomic mass is 10.1. The van der Waals surface area contributed by atoms with Crippen LogP contribution in [0.4, 0.5) is 5.82 Å². The average Bonchev–Trinajstić information content (AvgIpc) is 3.30. The van der Waals surface area contributed by atoms with Crippen molar-refractivity contribution in [2.24, 2.45) is 0 Å². The van der Waals surface area contributed by atoms with Gasteiger partial charge >= 0.3 is 5.97 Å². The quantitative estimate of drug-likeness (QED) is 0.528. The number of rotatable bonds is 6. The van der Waals surface area contributed by atoms with E-state index in [1.165, 1.54) is 0 Å². The number of aromatic nitrogens is 2. The monoisotopic (exact) mass is 377 g/mol. The molecule has 28 heavy (non-hydrogen) atoms. The van der Waals surface area contributed by atoms with E-state index in [4.69, 9.17) is 20.1 Å². The van der Waals surface area contributed by atoms with Crippen molar-refractivity contribution < 1.29 is 19.2 Å². The molecule has 0 aliphatic heterocycles. The topological polar surface area (TPSA) is 104 Å². The zero-order chi connectivity index (χ0) is 19.7. The van der Waals surface area contributed by atoms with Crippen molar-refractivity contribution in [2.75, 3.05) is 12.8 Å². The summed E-state index contributed by atoms with van der Waals surface area (Å²) in [5.41, 5.74) is 10.2. The largest absolute Gasteiger partial charge is 0.497 e. The van der Waals surface area contributed by atoms with Gasteiger partial charge in [0, 0.05) is 11.4 Å². The summed E-state index contributed by atoms with van der Waals surface area (Å²) < 4.78 is 12.5. The maximum absolute atomic E-state index is 11.1. The molecule has 3 N–H and O–H groups in total. The molecule has 4 rings (SSSR count). The summed E-state index contributed by atoms with van der Waals surface area (Å²) in [6, 6.07) is 17.3. The van der Waals surface area contributed by atoms with E-state index in [9.17, 15) is 4.79 Å². The van der Waals surface area contributed by atoms with Crippen molar-refractivity contribution in [1.29, 1.82) is 0 Å². The minimum Gasteiger partial charge on any atom is -0.497 e. The fourth-order valence-electron chi connectivity index (χ4n) is 3.29. The van der Waals surface area contributed by atoms with Crippen LogP contribution in [0, 0.1) is 0 Å². The third-order valence-electron chi connectivity index (χ3n) is 4.68. The Morgan fingerprint density at radius 3 is 2.68 bits per heavy atom. The predicted octanol–water partition coefficient (Wildman–Crippen LogP) is 3.89. The number of aliphatic carboxylic acids is 1. The molecule has 2 aromatic carbocycles. The maximum Gasteiger partial charge on any atom is 0.303 e. The molecule has 0 fully saturated rings. The third-order valence-corrected chi connectivity index (χ3v) is 4.68. The van der Waals surface area contributed by atoms with E-state index in [0.29, 0.717) is 17.8 Å². The van der Waals surface area contributed by atoms with Crippen molar-refractivity contribution in [2.45, 2.75) is 12.8 Å². The van der Waals surface area contributed by atoms with Gasteiger partial charge in [-0.3, -0.25) is 4.79 Å². The van der Waals surface area contributed by atoms with Gasteiger partial charge in [-0.1, -0.05) is 5.16 Å². The van der Waals surface area contributed by atoms with Crippen LogP contribution in [-0.4, -0.2) is 27.9 Å². The highest BCUT2D eigenvalue weighted by Gasteiger charge is 2.15. The minimum absolute atomic E-state index is 0.0454. The lowest BCUT2D eigenvalue weighted by Crippen LogP contribution is -2.05. The highest BCUT2D eigenvalue weighted by atomic mass is 16.5. The number of carboxylic acid groups (broad SMARTS) is 1. The molecule has 0 amide bonds. The van der Waals surface area contributed by atoms with Crippen molar-refractivity contribution >= 4 is 22.8 Å². The Bertz CT molecular complexity index is 1140. The number of fused-ring (bicyclic) bond motifs is 1. The first kappa shape index (κ1) is 17.7. The van der Waals surface area contributed by atoms with Crippen LogP contribution in [0.25, 0.3) is 27.9 Å². The van der Waals surface area contributed by atoms with Gasteiger partial charge in [0.15, 0.2) is 11.4 Å². The zero-order valence-corrected chi connectivity index (χ0v) is 15.3. The summed E-state index contributed by atoms with van der Waals surface area (Å²) in [6.07, 6.45) is 0.451. The fraction of sp³-hybridized carbons (Fsp3) is 0.143. The van der Waals surface area contributed by atoms with Crippen LogP contribution in [0.5, 0.6) is 5.75 Å². The Morgan fingerprint density at radius 2 is 1.96 bits per heavy atom. The molecule has 0 aliphatic carbocycles. The number of hydrogen-bond acceptors (Lipinski definition) is 5.